The van der Waals surface area contributed by atoms with Crippen molar-refractivity contribution in [3.8, 4) is 22.6 Å². The molecule has 32 heavy (non-hydrogen) atoms. The number of hydrogen-bond donors (Lipinski definition) is 2. The summed E-state index contributed by atoms with van der Waals surface area (Å²) in [6.45, 7) is 5.86. The van der Waals surface area contributed by atoms with Crippen molar-refractivity contribution in [2.45, 2.75) is 58.5 Å². The van der Waals surface area contributed by atoms with E-state index in [1.165, 1.54) is 6.07 Å². The van der Waals surface area contributed by atoms with E-state index in [1.54, 1.807) is 38.5 Å². The van der Waals surface area contributed by atoms with E-state index >= 15 is 0 Å². The quantitative estimate of drug-likeness (QED) is 0.510. The van der Waals surface area contributed by atoms with Crippen molar-refractivity contribution < 1.29 is 18.7 Å². The number of carbonyl (C=O) groups excluding carboxylic acids is 1. The van der Waals surface area contributed by atoms with Gasteiger partial charge in [-0.2, -0.15) is 0 Å². The molecule has 0 unspecified atom stereocenters. The predicted octanol–water partition coefficient (Wildman–Crippen LogP) is 5.79. The van der Waals surface area contributed by atoms with E-state index in [-0.39, 0.29) is 23.8 Å². The van der Waals surface area contributed by atoms with Gasteiger partial charge in [-0.05, 0) is 69.5 Å². The molecule has 2 N–H and O–H groups in total. The van der Waals surface area contributed by atoms with E-state index in [0.717, 1.165) is 42.5 Å². The average molecular weight is 441 g/mol. The van der Waals surface area contributed by atoms with Crippen molar-refractivity contribution in [1.29, 1.82) is 0 Å². The van der Waals surface area contributed by atoms with Gasteiger partial charge in [0.05, 0.1) is 14.2 Å². The summed E-state index contributed by atoms with van der Waals surface area (Å²) in [5.41, 5.74) is 3.20. The van der Waals surface area contributed by atoms with Crippen LogP contribution in [0.25, 0.3) is 16.7 Å². The lowest BCUT2D eigenvalue weighted by Gasteiger charge is -2.17. The van der Waals surface area contributed by atoms with Gasteiger partial charge in [0.25, 0.3) is 0 Å². The molecule has 2 aromatic carbocycles. The predicted molar refractivity (Wildman–Crippen MR) is 128 cm³/mol. The summed E-state index contributed by atoms with van der Waals surface area (Å²) in [5.74, 6) is 0.589. The maximum Gasteiger partial charge on any atom is 0.244 e. The second kappa shape index (κ2) is 10.5. The minimum Gasteiger partial charge on any atom is -0.496 e. The molecule has 5 nitrogen and oxygen atoms in total. The van der Waals surface area contributed by atoms with E-state index in [2.05, 4.69) is 10.6 Å². The number of carbonyl (C=O) groups is 1. The summed E-state index contributed by atoms with van der Waals surface area (Å²) in [6.07, 6.45) is 5.96. The van der Waals surface area contributed by atoms with Crippen LogP contribution < -0.4 is 20.1 Å². The number of methoxy groups -OCH3 is 2. The molecule has 1 fully saturated rings. The molecule has 1 saturated carbocycles. The summed E-state index contributed by atoms with van der Waals surface area (Å²) in [6, 6.07) is 9.06. The first-order chi connectivity index (χ1) is 15.3. The van der Waals surface area contributed by atoms with Gasteiger partial charge < -0.3 is 20.1 Å². The van der Waals surface area contributed by atoms with Crippen LogP contribution in [-0.4, -0.2) is 32.2 Å². The average Bonchev–Trinajstić information content (AvgIpc) is 3.25. The molecule has 0 saturated heterocycles. The highest BCUT2D eigenvalue weighted by Gasteiger charge is 2.19. The third kappa shape index (κ3) is 5.61. The van der Waals surface area contributed by atoms with Gasteiger partial charge in [-0.1, -0.05) is 12.8 Å². The van der Waals surface area contributed by atoms with Gasteiger partial charge in [-0.15, -0.1) is 0 Å². The molecule has 1 aliphatic carbocycles. The van der Waals surface area contributed by atoms with Crippen LogP contribution in [0.1, 0.15) is 52.0 Å². The van der Waals surface area contributed by atoms with Crippen LogP contribution in [0.3, 0.4) is 0 Å². The van der Waals surface area contributed by atoms with Gasteiger partial charge >= 0.3 is 0 Å². The smallest absolute Gasteiger partial charge is 0.244 e. The van der Waals surface area contributed by atoms with Crippen LogP contribution in [0, 0.1) is 5.82 Å². The maximum atomic E-state index is 15.0. The van der Waals surface area contributed by atoms with Crippen molar-refractivity contribution in [3.05, 3.63) is 47.8 Å². The van der Waals surface area contributed by atoms with E-state index < -0.39 is 0 Å². The first kappa shape index (κ1) is 23.6. The van der Waals surface area contributed by atoms with Gasteiger partial charge in [-0.25, -0.2) is 4.39 Å². The summed E-state index contributed by atoms with van der Waals surface area (Å²) in [4.78, 5) is 12.5. The molecule has 0 atom stereocenters. The molecular formula is C26H33FN2O3. The topological polar surface area (TPSA) is 59.6 Å². The number of hydrogen-bond acceptors (Lipinski definition) is 4. The molecule has 0 aromatic heterocycles. The number of allylic oxidation sites excluding steroid dienone is 1. The molecule has 0 heterocycles. The molecule has 0 spiro atoms. The lowest BCUT2D eigenvalue weighted by Crippen LogP contribution is -2.31. The van der Waals surface area contributed by atoms with Crippen molar-refractivity contribution in [1.82, 2.24) is 5.32 Å². The van der Waals surface area contributed by atoms with Crippen LogP contribution >= 0.6 is 0 Å². The summed E-state index contributed by atoms with van der Waals surface area (Å²) >= 11 is 0. The number of ether oxygens (including phenoxy) is 2. The summed E-state index contributed by atoms with van der Waals surface area (Å²) in [7, 11) is 3.11. The zero-order valence-electron chi connectivity index (χ0n) is 19.5. The third-order valence-corrected chi connectivity index (χ3v) is 5.71. The van der Waals surface area contributed by atoms with Crippen molar-refractivity contribution in [2.24, 2.45) is 0 Å². The standard InChI is InChI=1S/C26H33FN2O3/c1-16(2)28-19-10-11-20(23(27)13-19)22-15-24(31-4)21(14-25(22)32-5)17(3)12-26(30)29-18-8-6-7-9-18/h10-16,18,28H,6-9H2,1-5H3,(H,29,30). The fourth-order valence-electron chi connectivity index (χ4n) is 4.16. The first-order valence-corrected chi connectivity index (χ1v) is 11.1. The minimum atomic E-state index is -0.355. The lowest BCUT2D eigenvalue weighted by atomic mass is 9.97. The third-order valence-electron chi connectivity index (χ3n) is 5.71. The highest BCUT2D eigenvalue weighted by molar-refractivity contribution is 5.96. The molecule has 1 amide bonds. The van der Waals surface area contributed by atoms with Crippen molar-refractivity contribution in [2.75, 3.05) is 19.5 Å². The number of anilines is 1. The molecule has 6 heteroatoms. The van der Waals surface area contributed by atoms with Crippen molar-refractivity contribution in [3.63, 3.8) is 0 Å². The lowest BCUT2D eigenvalue weighted by molar-refractivity contribution is -0.117. The Labute approximate surface area is 190 Å². The van der Waals surface area contributed by atoms with Crippen LogP contribution in [0.2, 0.25) is 0 Å². The number of amides is 1. The molecule has 3 rings (SSSR count). The molecular weight excluding hydrogens is 407 g/mol. The molecule has 0 aliphatic heterocycles. The maximum absolute atomic E-state index is 15.0. The first-order valence-electron chi connectivity index (χ1n) is 11.1. The molecule has 172 valence electrons. The molecule has 0 bridgehead atoms. The van der Waals surface area contributed by atoms with Gasteiger partial charge in [0.1, 0.15) is 17.3 Å². The number of benzene rings is 2. The number of rotatable bonds is 8. The zero-order valence-corrected chi connectivity index (χ0v) is 19.5. The number of halogens is 1. The van der Waals surface area contributed by atoms with Crippen LogP contribution in [0.15, 0.2) is 36.4 Å². The SMILES string of the molecule is COc1cc(-c2ccc(NC(C)C)cc2F)c(OC)cc1C(C)=CC(=O)NC1CCCC1. The second-order valence-electron chi connectivity index (χ2n) is 8.56. The summed E-state index contributed by atoms with van der Waals surface area (Å²) in [5, 5.41) is 6.27. The van der Waals surface area contributed by atoms with Crippen molar-refractivity contribution >= 4 is 17.2 Å². The largest absolute Gasteiger partial charge is 0.496 e. The zero-order chi connectivity index (χ0) is 23.3. The second-order valence-corrected chi connectivity index (χ2v) is 8.56. The Morgan fingerprint density at radius 3 is 2.34 bits per heavy atom. The Morgan fingerprint density at radius 2 is 1.75 bits per heavy atom. The Morgan fingerprint density at radius 1 is 1.06 bits per heavy atom. The monoisotopic (exact) mass is 440 g/mol. The highest BCUT2D eigenvalue weighted by atomic mass is 19.1. The summed E-state index contributed by atoms with van der Waals surface area (Å²) < 4.78 is 26.1. The molecule has 2 aromatic rings. The van der Waals surface area contributed by atoms with Gasteiger partial charge in [0, 0.05) is 40.5 Å². The highest BCUT2D eigenvalue weighted by Crippen LogP contribution is 2.40. The normalized spacial score (nSPS) is 14.5. The van der Waals surface area contributed by atoms with Crippen LogP contribution in [-0.2, 0) is 4.79 Å². The van der Waals surface area contributed by atoms with E-state index in [4.69, 9.17) is 9.47 Å². The van der Waals surface area contributed by atoms with Gasteiger partial charge in [-0.3, -0.25) is 4.79 Å². The van der Waals surface area contributed by atoms with E-state index in [9.17, 15) is 9.18 Å². The molecule has 0 radical (unpaired) electrons. The number of nitrogens with one attached hydrogen (secondary N) is 2. The Kier molecular flexibility index (Phi) is 7.78. The Bertz CT molecular complexity index is 995. The molecule has 1 aliphatic rings. The van der Waals surface area contributed by atoms with Crippen LogP contribution in [0.4, 0.5) is 10.1 Å². The Balaban J connectivity index is 1.94. The van der Waals surface area contributed by atoms with E-state index in [1.807, 2.05) is 26.8 Å². The fourth-order valence-corrected chi connectivity index (χ4v) is 4.16. The van der Waals surface area contributed by atoms with E-state index in [0.29, 0.717) is 22.6 Å². The Hall–Kier alpha value is -3.02. The van der Waals surface area contributed by atoms with Gasteiger partial charge in [0.15, 0.2) is 0 Å². The fraction of sp³-hybridized carbons (Fsp3) is 0.423. The van der Waals surface area contributed by atoms with Crippen LogP contribution in [0.5, 0.6) is 11.5 Å². The van der Waals surface area contributed by atoms with Gasteiger partial charge in [0.2, 0.25) is 5.91 Å². The minimum absolute atomic E-state index is 0.112.